The molecule has 1 fully saturated rings. The van der Waals surface area contributed by atoms with Gasteiger partial charge in [-0.3, -0.25) is 9.69 Å². The summed E-state index contributed by atoms with van der Waals surface area (Å²) in [5.41, 5.74) is 3.53. The second kappa shape index (κ2) is 10.1. The van der Waals surface area contributed by atoms with Crippen molar-refractivity contribution in [1.82, 2.24) is 25.0 Å². The minimum Gasteiger partial charge on any atom is -0.369 e. The maximum absolute atomic E-state index is 12.7. The van der Waals surface area contributed by atoms with Crippen LogP contribution < -0.4 is 10.2 Å². The van der Waals surface area contributed by atoms with Crippen LogP contribution in [0.15, 0.2) is 42.6 Å². The van der Waals surface area contributed by atoms with Crippen molar-refractivity contribution in [2.75, 3.05) is 44.2 Å². The first-order chi connectivity index (χ1) is 15.5. The van der Waals surface area contributed by atoms with Gasteiger partial charge >= 0.3 is 0 Å². The lowest BCUT2D eigenvalue weighted by molar-refractivity contribution is 0.0951. The van der Waals surface area contributed by atoms with Gasteiger partial charge in [0.1, 0.15) is 0 Å². The van der Waals surface area contributed by atoms with E-state index >= 15 is 0 Å². The Hall–Kier alpha value is -2.93. The first-order valence-corrected chi connectivity index (χ1v) is 11.7. The van der Waals surface area contributed by atoms with Gasteiger partial charge in [0, 0.05) is 49.8 Å². The van der Waals surface area contributed by atoms with Gasteiger partial charge in [-0.2, -0.15) is 5.10 Å². The van der Waals surface area contributed by atoms with Crippen LogP contribution in [0.4, 0.5) is 5.69 Å². The predicted octanol–water partition coefficient (Wildman–Crippen LogP) is 3.65. The highest BCUT2D eigenvalue weighted by molar-refractivity contribution is 5.98. The molecule has 32 heavy (non-hydrogen) atoms. The van der Waals surface area contributed by atoms with E-state index in [1.165, 1.54) is 5.69 Å². The molecule has 0 aliphatic carbocycles. The number of rotatable bonds is 8. The molecule has 7 nitrogen and oxygen atoms in total. The SMILES string of the molecule is Cc1nc2c(cnn2C(C)C)cc1C(=O)NCCCCN1CCN(c2ccccc2)CC1. The summed E-state index contributed by atoms with van der Waals surface area (Å²) in [4.78, 5) is 22.3. The lowest BCUT2D eigenvalue weighted by Crippen LogP contribution is -2.46. The molecule has 0 radical (unpaired) electrons. The third-order valence-electron chi connectivity index (χ3n) is 6.17. The van der Waals surface area contributed by atoms with Crippen molar-refractivity contribution < 1.29 is 4.79 Å². The van der Waals surface area contributed by atoms with Gasteiger partial charge in [-0.25, -0.2) is 9.67 Å². The molecule has 170 valence electrons. The summed E-state index contributed by atoms with van der Waals surface area (Å²) >= 11 is 0. The highest BCUT2D eigenvalue weighted by Gasteiger charge is 2.17. The molecule has 1 aliphatic rings. The van der Waals surface area contributed by atoms with Gasteiger partial charge in [0.05, 0.1) is 17.5 Å². The van der Waals surface area contributed by atoms with Crippen LogP contribution in [0.3, 0.4) is 0 Å². The molecular formula is C25H34N6O. The first-order valence-electron chi connectivity index (χ1n) is 11.7. The quantitative estimate of drug-likeness (QED) is 0.548. The summed E-state index contributed by atoms with van der Waals surface area (Å²) in [5.74, 6) is -0.0503. The smallest absolute Gasteiger partial charge is 0.253 e. The maximum Gasteiger partial charge on any atom is 0.253 e. The summed E-state index contributed by atoms with van der Waals surface area (Å²) in [6.45, 7) is 12.1. The standard InChI is InChI=1S/C25H34N6O/c1-19(2)31-24-21(18-27-31)17-23(20(3)28-24)25(32)26-11-7-8-12-29-13-15-30(16-14-29)22-9-5-4-6-10-22/h4-6,9-10,17-19H,7-8,11-16H2,1-3H3,(H,26,32). The van der Waals surface area contributed by atoms with E-state index < -0.39 is 0 Å². The van der Waals surface area contributed by atoms with Crippen molar-refractivity contribution in [3.05, 3.63) is 53.9 Å². The Bertz CT molecular complexity index is 1040. The van der Waals surface area contributed by atoms with Crippen molar-refractivity contribution in [1.29, 1.82) is 0 Å². The summed E-state index contributed by atoms with van der Waals surface area (Å²) in [6, 6.07) is 12.8. The van der Waals surface area contributed by atoms with Gasteiger partial charge in [-0.15, -0.1) is 0 Å². The average molecular weight is 435 g/mol. The number of hydrogen-bond donors (Lipinski definition) is 1. The zero-order valence-electron chi connectivity index (χ0n) is 19.4. The molecule has 1 saturated heterocycles. The average Bonchev–Trinajstić information content (AvgIpc) is 3.22. The Labute approximate surface area is 190 Å². The molecule has 0 unspecified atom stereocenters. The number of nitrogens with one attached hydrogen (secondary N) is 1. The number of nitrogens with zero attached hydrogens (tertiary/aromatic N) is 5. The predicted molar refractivity (Wildman–Crippen MR) is 129 cm³/mol. The molecule has 0 saturated carbocycles. The van der Waals surface area contributed by atoms with Gasteiger partial charge < -0.3 is 10.2 Å². The second-order valence-corrected chi connectivity index (χ2v) is 8.84. The maximum atomic E-state index is 12.7. The summed E-state index contributed by atoms with van der Waals surface area (Å²) in [6.07, 6.45) is 3.85. The van der Waals surface area contributed by atoms with Crippen LogP contribution in [0.5, 0.6) is 0 Å². The number of fused-ring (bicyclic) bond motifs is 1. The Morgan fingerprint density at radius 3 is 2.56 bits per heavy atom. The molecule has 1 N–H and O–H groups in total. The number of anilines is 1. The Kier molecular flexibility index (Phi) is 7.05. The van der Waals surface area contributed by atoms with E-state index in [9.17, 15) is 4.79 Å². The van der Waals surface area contributed by atoms with E-state index in [-0.39, 0.29) is 11.9 Å². The van der Waals surface area contributed by atoms with Crippen LogP contribution in [0.1, 0.15) is 48.8 Å². The van der Waals surface area contributed by atoms with Gasteiger partial charge in [0.25, 0.3) is 5.91 Å². The largest absolute Gasteiger partial charge is 0.369 e. The fourth-order valence-corrected chi connectivity index (χ4v) is 4.30. The third-order valence-corrected chi connectivity index (χ3v) is 6.17. The Balaban J connectivity index is 1.19. The van der Waals surface area contributed by atoms with Crippen molar-refractivity contribution >= 4 is 22.6 Å². The first kappa shape index (κ1) is 22.3. The molecule has 1 aromatic carbocycles. The molecular weight excluding hydrogens is 400 g/mol. The molecule has 2 aromatic heterocycles. The van der Waals surface area contributed by atoms with Gasteiger partial charge in [-0.1, -0.05) is 18.2 Å². The van der Waals surface area contributed by atoms with E-state index in [0.29, 0.717) is 12.1 Å². The van der Waals surface area contributed by atoms with E-state index in [0.717, 1.165) is 62.3 Å². The molecule has 3 aromatic rings. The number of unbranched alkanes of at least 4 members (excludes halogenated alkanes) is 1. The number of benzene rings is 1. The van der Waals surface area contributed by atoms with E-state index in [1.54, 1.807) is 6.20 Å². The lowest BCUT2D eigenvalue weighted by atomic mass is 10.1. The number of hydrogen-bond acceptors (Lipinski definition) is 5. The zero-order valence-corrected chi connectivity index (χ0v) is 19.4. The van der Waals surface area contributed by atoms with E-state index in [2.05, 4.69) is 69.4 Å². The van der Waals surface area contributed by atoms with Crippen LogP contribution in [0.25, 0.3) is 11.0 Å². The molecule has 1 aliphatic heterocycles. The van der Waals surface area contributed by atoms with Crippen molar-refractivity contribution in [2.45, 2.75) is 39.7 Å². The van der Waals surface area contributed by atoms with Crippen LogP contribution in [-0.4, -0.2) is 64.8 Å². The molecule has 0 spiro atoms. The Morgan fingerprint density at radius 2 is 1.84 bits per heavy atom. The molecule has 3 heterocycles. The summed E-state index contributed by atoms with van der Waals surface area (Å²) in [5, 5.41) is 8.38. The number of carbonyl (C=O) groups excluding carboxylic acids is 1. The summed E-state index contributed by atoms with van der Waals surface area (Å²) in [7, 11) is 0. The fourth-order valence-electron chi connectivity index (χ4n) is 4.30. The van der Waals surface area contributed by atoms with Gasteiger partial charge in [0.2, 0.25) is 0 Å². The number of para-hydroxylation sites is 1. The monoisotopic (exact) mass is 434 g/mol. The van der Waals surface area contributed by atoms with Crippen LogP contribution in [0, 0.1) is 6.92 Å². The number of aryl methyl sites for hydroxylation is 1. The normalized spacial score (nSPS) is 14.9. The zero-order chi connectivity index (χ0) is 22.5. The van der Waals surface area contributed by atoms with Gasteiger partial charge in [0.15, 0.2) is 5.65 Å². The lowest BCUT2D eigenvalue weighted by Gasteiger charge is -2.36. The van der Waals surface area contributed by atoms with Crippen molar-refractivity contribution in [3.63, 3.8) is 0 Å². The molecule has 7 heteroatoms. The Morgan fingerprint density at radius 1 is 1.09 bits per heavy atom. The number of pyridine rings is 1. The minimum atomic E-state index is -0.0503. The topological polar surface area (TPSA) is 66.3 Å². The van der Waals surface area contributed by atoms with E-state index in [1.807, 2.05) is 17.7 Å². The number of carbonyl (C=O) groups is 1. The number of aromatic nitrogens is 3. The van der Waals surface area contributed by atoms with Crippen molar-refractivity contribution in [2.24, 2.45) is 0 Å². The molecule has 0 atom stereocenters. The molecule has 4 rings (SSSR count). The minimum absolute atomic E-state index is 0.0503. The highest BCUT2D eigenvalue weighted by Crippen LogP contribution is 2.19. The highest BCUT2D eigenvalue weighted by atomic mass is 16.1. The van der Waals surface area contributed by atoms with Crippen LogP contribution in [-0.2, 0) is 0 Å². The fraction of sp³-hybridized carbons (Fsp3) is 0.480. The third kappa shape index (κ3) is 5.10. The summed E-state index contributed by atoms with van der Waals surface area (Å²) < 4.78 is 1.89. The van der Waals surface area contributed by atoms with E-state index in [4.69, 9.17) is 0 Å². The number of amides is 1. The van der Waals surface area contributed by atoms with Crippen molar-refractivity contribution in [3.8, 4) is 0 Å². The van der Waals surface area contributed by atoms with Crippen LogP contribution in [0.2, 0.25) is 0 Å². The number of piperazine rings is 1. The molecule has 1 amide bonds. The van der Waals surface area contributed by atoms with Crippen LogP contribution >= 0.6 is 0 Å². The second-order valence-electron chi connectivity index (χ2n) is 8.84. The van der Waals surface area contributed by atoms with Gasteiger partial charge in [-0.05, 0) is 58.4 Å². The molecule has 0 bridgehead atoms.